The highest BCUT2D eigenvalue weighted by Gasteiger charge is 2.50. The van der Waals surface area contributed by atoms with Crippen molar-refractivity contribution >= 4 is 5.97 Å². The number of benzene rings is 1. The van der Waals surface area contributed by atoms with Gasteiger partial charge in [-0.05, 0) is 74.0 Å². The maximum absolute atomic E-state index is 11.1. The summed E-state index contributed by atoms with van der Waals surface area (Å²) >= 11 is 0. The Morgan fingerprint density at radius 3 is 2.42 bits per heavy atom. The molecule has 5 rings (SSSR count). The molecule has 0 radical (unpaired) electrons. The first-order valence-corrected chi connectivity index (χ1v) is 9.08. The van der Waals surface area contributed by atoms with Gasteiger partial charge in [-0.25, -0.2) is 0 Å². The fourth-order valence-electron chi connectivity index (χ4n) is 5.66. The summed E-state index contributed by atoms with van der Waals surface area (Å²) in [6, 6.07) is 5.78. The third-order valence-electron chi connectivity index (χ3n) is 6.16. The number of rotatable bonds is 4. The standard InChI is InChI=1S/C21H25NO2/c1-3-19-9-15(4-5-20(19)24-14(2)23)13-22-21-10-16-6-17(11-21)8-18(7-16)12-21/h1,4-5,9,16-18,22H,6-8,10-13H2,2H3. The number of carbonyl (C=O) groups is 1. The molecule has 4 bridgehead atoms. The van der Waals surface area contributed by atoms with E-state index in [9.17, 15) is 4.79 Å². The normalized spacial score (nSPS) is 33.2. The molecule has 0 unspecified atom stereocenters. The third kappa shape index (κ3) is 2.96. The summed E-state index contributed by atoms with van der Waals surface area (Å²) in [5.74, 6) is 5.59. The molecule has 0 heterocycles. The fraction of sp³-hybridized carbons (Fsp3) is 0.571. The number of carbonyl (C=O) groups excluding carboxylic acids is 1. The lowest BCUT2D eigenvalue weighted by Gasteiger charge is -2.57. The van der Waals surface area contributed by atoms with Gasteiger partial charge in [-0.15, -0.1) is 6.42 Å². The van der Waals surface area contributed by atoms with E-state index in [1.807, 2.05) is 18.2 Å². The van der Waals surface area contributed by atoms with Crippen LogP contribution in [0.4, 0.5) is 0 Å². The molecule has 0 spiro atoms. The molecule has 1 aromatic rings. The predicted octanol–water partition coefficient (Wildman–Crippen LogP) is 3.65. The minimum absolute atomic E-state index is 0.342. The maximum atomic E-state index is 11.1. The van der Waals surface area contributed by atoms with Crippen LogP contribution in [0.25, 0.3) is 0 Å². The highest BCUT2D eigenvalue weighted by atomic mass is 16.5. The van der Waals surface area contributed by atoms with Crippen molar-refractivity contribution in [3.05, 3.63) is 29.3 Å². The molecule has 4 aliphatic rings. The van der Waals surface area contributed by atoms with Crippen LogP contribution in [0.15, 0.2) is 18.2 Å². The van der Waals surface area contributed by atoms with Gasteiger partial charge in [-0.3, -0.25) is 4.79 Å². The van der Waals surface area contributed by atoms with Gasteiger partial charge >= 0.3 is 5.97 Å². The van der Waals surface area contributed by atoms with Gasteiger partial charge < -0.3 is 10.1 Å². The third-order valence-corrected chi connectivity index (χ3v) is 6.16. The Balaban J connectivity index is 1.46. The van der Waals surface area contributed by atoms with E-state index in [0.29, 0.717) is 16.9 Å². The number of hydrogen-bond donors (Lipinski definition) is 1. The van der Waals surface area contributed by atoms with Gasteiger partial charge in [-0.1, -0.05) is 12.0 Å². The minimum atomic E-state index is -0.342. The van der Waals surface area contributed by atoms with E-state index in [-0.39, 0.29) is 5.97 Å². The van der Waals surface area contributed by atoms with Gasteiger partial charge in [0.05, 0.1) is 5.56 Å². The summed E-state index contributed by atoms with van der Waals surface area (Å²) in [5, 5.41) is 3.88. The lowest BCUT2D eigenvalue weighted by Crippen LogP contribution is -2.58. The van der Waals surface area contributed by atoms with Crippen LogP contribution in [0.1, 0.15) is 56.6 Å². The summed E-state index contributed by atoms with van der Waals surface area (Å²) in [4.78, 5) is 11.1. The molecular formula is C21H25NO2. The van der Waals surface area contributed by atoms with Crippen LogP contribution < -0.4 is 10.1 Å². The topological polar surface area (TPSA) is 38.3 Å². The SMILES string of the molecule is C#Cc1cc(CNC23CC4CC(CC(C4)C2)C3)ccc1OC(C)=O. The molecule has 4 saturated carbocycles. The highest BCUT2D eigenvalue weighted by molar-refractivity contribution is 5.70. The Morgan fingerprint density at radius 2 is 1.88 bits per heavy atom. The van der Waals surface area contributed by atoms with Crippen LogP contribution in [0.3, 0.4) is 0 Å². The second-order valence-corrected chi connectivity index (χ2v) is 8.12. The number of hydrogen-bond acceptors (Lipinski definition) is 3. The Morgan fingerprint density at radius 1 is 1.25 bits per heavy atom. The Hall–Kier alpha value is -1.79. The fourth-order valence-corrected chi connectivity index (χ4v) is 5.66. The van der Waals surface area contributed by atoms with E-state index >= 15 is 0 Å². The number of ether oxygens (including phenoxy) is 1. The first-order chi connectivity index (χ1) is 11.5. The maximum Gasteiger partial charge on any atom is 0.308 e. The van der Waals surface area contributed by atoms with Crippen molar-refractivity contribution < 1.29 is 9.53 Å². The van der Waals surface area contributed by atoms with Gasteiger partial charge in [0, 0.05) is 19.0 Å². The minimum Gasteiger partial charge on any atom is -0.425 e. The molecular weight excluding hydrogens is 298 g/mol. The number of terminal acetylenes is 1. The number of nitrogens with one attached hydrogen (secondary N) is 1. The van der Waals surface area contributed by atoms with Gasteiger partial charge in [-0.2, -0.15) is 0 Å². The van der Waals surface area contributed by atoms with E-state index in [0.717, 1.165) is 29.9 Å². The van der Waals surface area contributed by atoms with Crippen molar-refractivity contribution in [3.63, 3.8) is 0 Å². The largest absolute Gasteiger partial charge is 0.425 e. The van der Waals surface area contributed by atoms with Gasteiger partial charge in [0.25, 0.3) is 0 Å². The number of esters is 1. The van der Waals surface area contributed by atoms with Crippen molar-refractivity contribution in [1.82, 2.24) is 5.32 Å². The van der Waals surface area contributed by atoms with Crippen molar-refractivity contribution in [2.45, 2.75) is 57.5 Å². The van der Waals surface area contributed by atoms with Crippen molar-refractivity contribution in [1.29, 1.82) is 0 Å². The Bertz CT molecular complexity index is 665. The average Bonchev–Trinajstić information content (AvgIpc) is 2.52. The van der Waals surface area contributed by atoms with E-state index in [1.54, 1.807) is 0 Å². The molecule has 0 atom stereocenters. The van der Waals surface area contributed by atoms with Gasteiger partial charge in [0.15, 0.2) is 0 Å². The molecule has 24 heavy (non-hydrogen) atoms. The molecule has 3 nitrogen and oxygen atoms in total. The van der Waals surface area contributed by atoms with Crippen LogP contribution >= 0.6 is 0 Å². The first kappa shape index (κ1) is 15.7. The van der Waals surface area contributed by atoms with Crippen molar-refractivity contribution in [2.75, 3.05) is 0 Å². The molecule has 1 N–H and O–H groups in total. The summed E-state index contributed by atoms with van der Waals surface area (Å²) in [6.45, 7) is 2.23. The second kappa shape index (κ2) is 5.93. The molecule has 0 amide bonds. The summed E-state index contributed by atoms with van der Waals surface area (Å²) in [6.07, 6.45) is 14.0. The Labute approximate surface area is 144 Å². The second-order valence-electron chi connectivity index (χ2n) is 8.12. The lowest BCUT2D eigenvalue weighted by molar-refractivity contribution is -0.131. The zero-order valence-electron chi connectivity index (χ0n) is 14.3. The molecule has 4 aliphatic carbocycles. The summed E-state index contributed by atoms with van der Waals surface area (Å²) < 4.78 is 5.17. The van der Waals surface area contributed by atoms with E-state index in [2.05, 4.69) is 11.2 Å². The Kier molecular flexibility index (Phi) is 3.89. The molecule has 4 fully saturated rings. The van der Waals surface area contributed by atoms with E-state index in [4.69, 9.17) is 11.2 Å². The lowest BCUT2D eigenvalue weighted by atomic mass is 9.53. The van der Waals surface area contributed by atoms with E-state index in [1.165, 1.54) is 45.4 Å². The van der Waals surface area contributed by atoms with Gasteiger partial charge in [0.2, 0.25) is 0 Å². The predicted molar refractivity (Wildman–Crippen MR) is 93.4 cm³/mol. The van der Waals surface area contributed by atoms with Crippen LogP contribution in [0, 0.1) is 30.1 Å². The zero-order chi connectivity index (χ0) is 16.7. The average molecular weight is 323 g/mol. The van der Waals surface area contributed by atoms with Crippen LogP contribution in [-0.2, 0) is 11.3 Å². The van der Waals surface area contributed by atoms with Crippen LogP contribution in [-0.4, -0.2) is 11.5 Å². The molecule has 1 aromatic carbocycles. The van der Waals surface area contributed by atoms with Crippen LogP contribution in [0.5, 0.6) is 5.75 Å². The smallest absolute Gasteiger partial charge is 0.308 e. The summed E-state index contributed by atoms with van der Waals surface area (Å²) in [5.41, 5.74) is 2.16. The summed E-state index contributed by atoms with van der Waals surface area (Å²) in [7, 11) is 0. The van der Waals surface area contributed by atoms with Crippen molar-refractivity contribution in [2.24, 2.45) is 17.8 Å². The molecule has 0 saturated heterocycles. The van der Waals surface area contributed by atoms with E-state index < -0.39 is 0 Å². The zero-order valence-corrected chi connectivity index (χ0v) is 14.3. The molecule has 126 valence electrons. The van der Waals surface area contributed by atoms with Gasteiger partial charge in [0.1, 0.15) is 5.75 Å². The highest BCUT2D eigenvalue weighted by Crippen LogP contribution is 2.55. The molecule has 0 aromatic heterocycles. The van der Waals surface area contributed by atoms with Crippen molar-refractivity contribution in [3.8, 4) is 18.1 Å². The van der Waals surface area contributed by atoms with Crippen LogP contribution in [0.2, 0.25) is 0 Å². The monoisotopic (exact) mass is 323 g/mol. The molecule has 3 heteroatoms. The molecule has 0 aliphatic heterocycles. The first-order valence-electron chi connectivity index (χ1n) is 9.08. The quantitative estimate of drug-likeness (QED) is 0.522.